The second kappa shape index (κ2) is 7.42. The molecule has 0 bridgehead atoms. The molecular weight excluding hydrogens is 463 g/mol. The molecule has 0 fully saturated rings. The molecule has 0 atom stereocenters. The van der Waals surface area contributed by atoms with Crippen molar-refractivity contribution in [3.63, 3.8) is 0 Å². The Hall–Kier alpha value is -2.88. The summed E-state index contributed by atoms with van der Waals surface area (Å²) in [6.45, 7) is 3.82. The summed E-state index contributed by atoms with van der Waals surface area (Å²) in [5, 5.41) is 3.73. The third-order valence-corrected chi connectivity index (χ3v) is 5.60. The molecule has 10 heteroatoms. The molecule has 0 amide bonds. The molecule has 0 aliphatic carbocycles. The van der Waals surface area contributed by atoms with Crippen LogP contribution in [0.4, 0.5) is 13.2 Å². The van der Waals surface area contributed by atoms with Crippen molar-refractivity contribution < 1.29 is 17.9 Å². The van der Waals surface area contributed by atoms with Gasteiger partial charge < -0.3 is 9.14 Å². The lowest BCUT2D eigenvalue weighted by Crippen LogP contribution is -2.09. The lowest BCUT2D eigenvalue weighted by Gasteiger charge is -2.06. The fourth-order valence-electron chi connectivity index (χ4n) is 3.14. The van der Waals surface area contributed by atoms with Crippen LogP contribution < -0.4 is 4.74 Å². The average molecular weight is 480 g/mol. The number of hydrogen-bond donors (Lipinski definition) is 0. The van der Waals surface area contributed by atoms with Crippen LogP contribution in [0.15, 0.2) is 41.0 Å². The molecule has 156 valence electrons. The van der Waals surface area contributed by atoms with Gasteiger partial charge >= 0.3 is 6.18 Å². The summed E-state index contributed by atoms with van der Waals surface area (Å²) in [5.41, 5.74) is 3.37. The maximum atomic E-state index is 13.4. The third kappa shape index (κ3) is 3.67. The van der Waals surface area contributed by atoms with Gasteiger partial charge in [-0.15, -0.1) is 5.10 Å². The van der Waals surface area contributed by atoms with E-state index < -0.39 is 12.0 Å². The Labute approximate surface area is 178 Å². The van der Waals surface area contributed by atoms with Crippen molar-refractivity contribution in [2.75, 3.05) is 7.11 Å². The molecule has 3 aromatic heterocycles. The molecule has 0 unspecified atom stereocenters. The molecule has 0 spiro atoms. The number of hydrogen-bond acceptors (Lipinski definition) is 4. The predicted octanol–water partition coefficient (Wildman–Crippen LogP) is 5.05. The smallest absolute Gasteiger partial charge is 0.453 e. The minimum atomic E-state index is -4.66. The van der Waals surface area contributed by atoms with Gasteiger partial charge in [-0.3, -0.25) is 0 Å². The molecule has 0 N–H and O–H groups in total. The molecule has 1 aromatic carbocycles. The highest BCUT2D eigenvalue weighted by atomic mass is 79.9. The Morgan fingerprint density at radius 2 is 1.80 bits per heavy atom. The summed E-state index contributed by atoms with van der Waals surface area (Å²) in [6, 6.07) is 8.89. The Bertz CT molecular complexity index is 1230. The molecular formula is C20H17BrF3N5O. The summed E-state index contributed by atoms with van der Waals surface area (Å²) < 4.78 is 49.1. The van der Waals surface area contributed by atoms with E-state index in [1.807, 2.05) is 23.6 Å². The van der Waals surface area contributed by atoms with E-state index in [1.54, 1.807) is 38.3 Å². The fourth-order valence-corrected chi connectivity index (χ4v) is 3.46. The van der Waals surface area contributed by atoms with Crippen molar-refractivity contribution in [1.29, 1.82) is 0 Å². The highest BCUT2D eigenvalue weighted by Gasteiger charge is 2.38. The van der Waals surface area contributed by atoms with Gasteiger partial charge in [-0.05, 0) is 59.1 Å². The van der Waals surface area contributed by atoms with Gasteiger partial charge in [0, 0.05) is 10.7 Å². The largest absolute Gasteiger partial charge is 0.497 e. The molecule has 4 rings (SSSR count). The topological polar surface area (TPSA) is 57.2 Å². The van der Waals surface area contributed by atoms with E-state index in [0.717, 1.165) is 15.6 Å². The lowest BCUT2D eigenvalue weighted by molar-refractivity contribution is -0.144. The quantitative estimate of drug-likeness (QED) is 0.411. The van der Waals surface area contributed by atoms with E-state index in [0.29, 0.717) is 22.8 Å². The minimum Gasteiger partial charge on any atom is -0.497 e. The Morgan fingerprint density at radius 1 is 1.10 bits per heavy atom. The third-order valence-electron chi connectivity index (χ3n) is 4.77. The molecule has 30 heavy (non-hydrogen) atoms. The Kier molecular flexibility index (Phi) is 5.05. The van der Waals surface area contributed by atoms with Gasteiger partial charge in [0.1, 0.15) is 17.1 Å². The number of pyridine rings is 1. The van der Waals surface area contributed by atoms with E-state index in [1.165, 1.54) is 4.68 Å². The van der Waals surface area contributed by atoms with Crippen LogP contribution in [0.2, 0.25) is 0 Å². The summed E-state index contributed by atoms with van der Waals surface area (Å²) in [7, 11) is 1.55. The maximum Gasteiger partial charge on any atom is 0.453 e. The van der Waals surface area contributed by atoms with Crippen molar-refractivity contribution in [3.05, 3.63) is 63.6 Å². The van der Waals surface area contributed by atoms with Gasteiger partial charge in [0.25, 0.3) is 5.82 Å². The van der Waals surface area contributed by atoms with Gasteiger partial charge in [-0.25, -0.2) is 14.6 Å². The number of halogens is 4. The minimum absolute atomic E-state index is 0.0631. The number of rotatable bonds is 4. The summed E-state index contributed by atoms with van der Waals surface area (Å²) in [5.74, 6) is -0.473. The van der Waals surface area contributed by atoms with Gasteiger partial charge in [0.05, 0.1) is 19.3 Å². The lowest BCUT2D eigenvalue weighted by atomic mass is 10.2. The second-order valence-corrected chi connectivity index (χ2v) is 7.70. The van der Waals surface area contributed by atoms with Crippen LogP contribution in [0, 0.1) is 13.8 Å². The number of nitrogens with zero attached hydrogens (tertiary/aromatic N) is 5. The van der Waals surface area contributed by atoms with E-state index in [9.17, 15) is 13.2 Å². The normalized spacial score (nSPS) is 12.0. The first kappa shape index (κ1) is 20.4. The van der Waals surface area contributed by atoms with E-state index in [2.05, 4.69) is 31.0 Å². The van der Waals surface area contributed by atoms with Crippen LogP contribution in [-0.4, -0.2) is 31.3 Å². The van der Waals surface area contributed by atoms with Crippen LogP contribution in [0.5, 0.6) is 5.75 Å². The van der Waals surface area contributed by atoms with Gasteiger partial charge in [0.2, 0.25) is 0 Å². The molecule has 6 nitrogen and oxygen atoms in total. The van der Waals surface area contributed by atoms with Crippen molar-refractivity contribution in [3.8, 4) is 17.3 Å². The Balaban J connectivity index is 1.85. The van der Waals surface area contributed by atoms with E-state index >= 15 is 0 Å². The number of fused-ring (bicyclic) bond motifs is 1. The molecule has 0 radical (unpaired) electrons. The molecule has 0 saturated heterocycles. The average Bonchev–Trinajstić information content (AvgIpc) is 3.24. The number of alkyl halides is 3. The van der Waals surface area contributed by atoms with Crippen LogP contribution in [0.1, 0.15) is 22.6 Å². The number of aryl methyl sites for hydroxylation is 2. The van der Waals surface area contributed by atoms with Crippen molar-refractivity contribution in [2.24, 2.45) is 0 Å². The van der Waals surface area contributed by atoms with Gasteiger partial charge in [-0.2, -0.15) is 13.2 Å². The molecule has 0 aliphatic heterocycles. The van der Waals surface area contributed by atoms with Crippen LogP contribution in [0.3, 0.4) is 0 Å². The maximum absolute atomic E-state index is 13.4. The number of benzene rings is 1. The van der Waals surface area contributed by atoms with Crippen molar-refractivity contribution in [1.82, 2.24) is 24.1 Å². The predicted molar refractivity (Wildman–Crippen MR) is 108 cm³/mol. The van der Waals surface area contributed by atoms with Crippen molar-refractivity contribution >= 4 is 21.6 Å². The molecule has 3 heterocycles. The molecule has 0 aliphatic rings. The summed E-state index contributed by atoms with van der Waals surface area (Å²) in [4.78, 5) is 8.34. The zero-order valence-electron chi connectivity index (χ0n) is 16.3. The highest BCUT2D eigenvalue weighted by Crippen LogP contribution is 2.31. The molecule has 4 aromatic rings. The number of aromatic nitrogens is 5. The highest BCUT2D eigenvalue weighted by molar-refractivity contribution is 9.10. The fraction of sp³-hybridized carbons (Fsp3) is 0.250. The first-order valence-electron chi connectivity index (χ1n) is 8.97. The Morgan fingerprint density at radius 3 is 2.43 bits per heavy atom. The molecule has 0 saturated carbocycles. The number of methoxy groups -OCH3 is 1. The zero-order chi connectivity index (χ0) is 21.6. The van der Waals surface area contributed by atoms with Gasteiger partial charge in [-0.1, -0.05) is 12.1 Å². The van der Waals surface area contributed by atoms with Crippen molar-refractivity contribution in [2.45, 2.75) is 26.6 Å². The zero-order valence-corrected chi connectivity index (χ0v) is 17.9. The first-order chi connectivity index (χ1) is 14.2. The summed E-state index contributed by atoms with van der Waals surface area (Å²) in [6.07, 6.45) is -2.82. The first-order valence-corrected chi connectivity index (χ1v) is 9.77. The van der Waals surface area contributed by atoms with Crippen LogP contribution in [-0.2, 0) is 12.7 Å². The second-order valence-electron chi connectivity index (χ2n) is 6.84. The monoisotopic (exact) mass is 479 g/mol. The van der Waals surface area contributed by atoms with Gasteiger partial charge in [0.15, 0.2) is 5.82 Å². The SMILES string of the molecule is COc1ccc(Cn2nc(C(F)(F)F)nc2-c2nc3cc(C)c(Br)cn3c2C)cc1. The number of imidazole rings is 1. The van der Waals surface area contributed by atoms with Crippen LogP contribution >= 0.6 is 15.9 Å². The standard InChI is InChI=1S/C20H17BrF3N5O/c1-11-8-16-25-17(12(2)28(16)10-15(11)21)18-26-19(20(22,23)24)27-29(18)9-13-4-6-14(30-3)7-5-13/h4-8,10H,9H2,1-3H3. The summed E-state index contributed by atoms with van der Waals surface area (Å²) >= 11 is 3.48. The van der Waals surface area contributed by atoms with E-state index in [-0.39, 0.29) is 12.4 Å². The van der Waals surface area contributed by atoms with Crippen LogP contribution in [0.25, 0.3) is 17.2 Å². The number of ether oxygens (including phenoxy) is 1. The van der Waals surface area contributed by atoms with E-state index in [4.69, 9.17) is 4.74 Å².